The molecule has 0 spiro atoms. The van der Waals surface area contributed by atoms with E-state index in [1.165, 1.54) is 0 Å². The zero-order chi connectivity index (χ0) is 19.8. The second-order valence-corrected chi connectivity index (χ2v) is 7.09. The van der Waals surface area contributed by atoms with E-state index in [-0.39, 0.29) is 0 Å². The number of nitrogens with zero attached hydrogens (tertiary/aromatic N) is 2. The largest absolute Gasteiger partial charge is 0.496 e. The lowest BCUT2D eigenvalue weighted by Crippen LogP contribution is -2.33. The maximum atomic E-state index is 5.83. The highest BCUT2D eigenvalue weighted by molar-refractivity contribution is 6.01. The number of methoxy groups -OCH3 is 2. The molecular formula is C24H25N2O2+. The van der Waals surface area contributed by atoms with Gasteiger partial charge in [0, 0.05) is 50.1 Å². The van der Waals surface area contributed by atoms with E-state index in [0.717, 1.165) is 50.2 Å². The van der Waals surface area contributed by atoms with Gasteiger partial charge in [0.2, 0.25) is 16.7 Å². The molecule has 0 aliphatic rings. The van der Waals surface area contributed by atoms with Crippen LogP contribution in [0.15, 0.2) is 60.7 Å². The van der Waals surface area contributed by atoms with Gasteiger partial charge in [-0.25, -0.2) is 0 Å². The number of benzene rings is 3. The number of pyridine rings is 1. The molecule has 0 N–H and O–H groups in total. The van der Waals surface area contributed by atoms with Gasteiger partial charge in [-0.1, -0.05) is 24.3 Å². The lowest BCUT2D eigenvalue weighted by atomic mass is 10.00. The van der Waals surface area contributed by atoms with Crippen molar-refractivity contribution in [2.75, 3.05) is 33.2 Å². The maximum Gasteiger partial charge on any atom is 0.225 e. The highest BCUT2D eigenvalue weighted by Crippen LogP contribution is 2.38. The third kappa shape index (κ3) is 2.73. The second-order valence-electron chi connectivity index (χ2n) is 7.09. The maximum absolute atomic E-state index is 5.83. The molecule has 0 fully saturated rings. The summed E-state index contributed by atoms with van der Waals surface area (Å²) in [5.74, 6) is 1.72. The molecule has 0 aliphatic heterocycles. The highest BCUT2D eigenvalue weighted by atomic mass is 16.5. The molecule has 0 atom stereocenters. The first kappa shape index (κ1) is 18.1. The summed E-state index contributed by atoms with van der Waals surface area (Å²) in [6, 6.07) is 20.9. The van der Waals surface area contributed by atoms with Crippen LogP contribution in [0.2, 0.25) is 0 Å². The van der Waals surface area contributed by atoms with Crippen molar-refractivity contribution in [2.45, 2.75) is 6.92 Å². The van der Waals surface area contributed by atoms with E-state index in [1.54, 1.807) is 14.2 Å². The fourth-order valence-corrected chi connectivity index (χ4v) is 3.92. The lowest BCUT2D eigenvalue weighted by Gasteiger charge is -2.18. The molecule has 0 saturated carbocycles. The molecule has 0 aliphatic carbocycles. The molecule has 28 heavy (non-hydrogen) atoms. The number of hydrogen-bond acceptors (Lipinski definition) is 3. The smallest absolute Gasteiger partial charge is 0.225 e. The van der Waals surface area contributed by atoms with Crippen LogP contribution in [0, 0.1) is 6.92 Å². The minimum absolute atomic E-state index is 0.858. The first-order chi connectivity index (χ1) is 13.6. The first-order valence-electron chi connectivity index (χ1n) is 9.32. The average Bonchev–Trinajstić information content (AvgIpc) is 2.73. The van der Waals surface area contributed by atoms with Crippen molar-refractivity contribution < 1.29 is 14.0 Å². The molecule has 1 heterocycles. The predicted octanol–water partition coefficient (Wildman–Crippen LogP) is 4.66. The average molecular weight is 373 g/mol. The van der Waals surface area contributed by atoms with Crippen molar-refractivity contribution in [3.05, 3.63) is 66.2 Å². The van der Waals surface area contributed by atoms with Crippen molar-refractivity contribution in [3.8, 4) is 17.2 Å². The molecule has 0 radical (unpaired) electrons. The molecule has 0 bridgehead atoms. The summed E-state index contributed by atoms with van der Waals surface area (Å²) >= 11 is 0. The molecule has 142 valence electrons. The van der Waals surface area contributed by atoms with Crippen molar-refractivity contribution in [2.24, 2.45) is 0 Å². The van der Waals surface area contributed by atoms with Gasteiger partial charge in [0.05, 0.1) is 25.0 Å². The Morgan fingerprint density at radius 1 is 0.750 bits per heavy atom. The fraction of sp³-hybridized carbons (Fsp3) is 0.208. The summed E-state index contributed by atoms with van der Waals surface area (Å²) < 4.78 is 13.8. The Morgan fingerprint density at radius 2 is 1.43 bits per heavy atom. The molecule has 4 heteroatoms. The van der Waals surface area contributed by atoms with E-state index < -0.39 is 0 Å². The number of rotatable bonds is 4. The minimum Gasteiger partial charge on any atom is -0.496 e. The van der Waals surface area contributed by atoms with Gasteiger partial charge in [-0.15, -0.1) is 0 Å². The normalized spacial score (nSPS) is 11.0. The van der Waals surface area contributed by atoms with E-state index in [9.17, 15) is 0 Å². The van der Waals surface area contributed by atoms with Crippen LogP contribution >= 0.6 is 0 Å². The topological polar surface area (TPSA) is 25.6 Å². The van der Waals surface area contributed by atoms with Gasteiger partial charge in [-0.05, 0) is 18.6 Å². The molecule has 4 rings (SSSR count). The molecule has 4 aromatic rings. The lowest BCUT2D eigenvalue weighted by molar-refractivity contribution is -0.538. The molecule has 1 aromatic heterocycles. The van der Waals surface area contributed by atoms with Gasteiger partial charge in [-0.2, -0.15) is 4.57 Å². The quantitative estimate of drug-likeness (QED) is 0.384. The van der Waals surface area contributed by atoms with Crippen molar-refractivity contribution in [1.29, 1.82) is 0 Å². The fourth-order valence-electron chi connectivity index (χ4n) is 3.92. The predicted molar refractivity (Wildman–Crippen MR) is 115 cm³/mol. The Kier molecular flexibility index (Phi) is 4.55. The highest BCUT2D eigenvalue weighted by Gasteiger charge is 2.26. The summed E-state index contributed by atoms with van der Waals surface area (Å²) in [5.41, 5.74) is 5.55. The standard InChI is InChI=1S/C24H25N2O2/c1-16-23-19(12-9-13-21(23)27-4)26(17-10-7-6-8-11-17)20-14-18(25(2)3)15-22(28-5)24(16)20/h6-15H,1-5H3/q+1. The second kappa shape index (κ2) is 7.04. The third-order valence-corrected chi connectivity index (χ3v) is 5.27. The first-order valence-corrected chi connectivity index (χ1v) is 9.32. The molecule has 3 aromatic carbocycles. The van der Waals surface area contributed by atoms with Crippen LogP contribution in [0.3, 0.4) is 0 Å². The van der Waals surface area contributed by atoms with Gasteiger partial charge in [0.15, 0.2) is 0 Å². The number of para-hydroxylation sites is 1. The van der Waals surface area contributed by atoms with Crippen LogP contribution in [0.5, 0.6) is 11.5 Å². The Balaban J connectivity index is 2.31. The van der Waals surface area contributed by atoms with Gasteiger partial charge in [0.1, 0.15) is 11.5 Å². The summed E-state index contributed by atoms with van der Waals surface area (Å²) in [4.78, 5) is 2.10. The minimum atomic E-state index is 0.858. The van der Waals surface area contributed by atoms with Crippen molar-refractivity contribution in [3.63, 3.8) is 0 Å². The molecule has 0 amide bonds. The van der Waals surface area contributed by atoms with E-state index >= 15 is 0 Å². The van der Waals surface area contributed by atoms with Crippen LogP contribution in [0.25, 0.3) is 27.5 Å². The molecule has 0 saturated heterocycles. The molecular weight excluding hydrogens is 348 g/mol. The summed E-state index contributed by atoms with van der Waals surface area (Å²) in [7, 11) is 7.54. The zero-order valence-corrected chi connectivity index (χ0v) is 17.0. The van der Waals surface area contributed by atoms with E-state index in [2.05, 4.69) is 58.9 Å². The van der Waals surface area contributed by atoms with Crippen molar-refractivity contribution in [1.82, 2.24) is 0 Å². The number of anilines is 1. The number of fused-ring (bicyclic) bond motifs is 2. The monoisotopic (exact) mass is 373 g/mol. The number of ether oxygens (including phenoxy) is 2. The van der Waals surface area contributed by atoms with Crippen LogP contribution in [-0.2, 0) is 0 Å². The SMILES string of the molecule is COc1cccc2c1c(C)c1c(OC)cc(N(C)C)cc1[n+]2-c1ccccc1. The Morgan fingerprint density at radius 3 is 2.07 bits per heavy atom. The summed E-state index contributed by atoms with van der Waals surface area (Å²) in [6.45, 7) is 2.14. The molecule has 4 nitrogen and oxygen atoms in total. The van der Waals surface area contributed by atoms with E-state index in [1.807, 2.05) is 32.3 Å². The zero-order valence-electron chi connectivity index (χ0n) is 17.0. The Bertz CT molecular complexity index is 1170. The van der Waals surface area contributed by atoms with Crippen LogP contribution < -0.4 is 18.9 Å². The summed E-state index contributed by atoms with van der Waals surface area (Å²) in [6.07, 6.45) is 0. The number of aromatic nitrogens is 1. The van der Waals surface area contributed by atoms with Crippen LogP contribution in [-0.4, -0.2) is 28.3 Å². The van der Waals surface area contributed by atoms with E-state index in [4.69, 9.17) is 9.47 Å². The van der Waals surface area contributed by atoms with Crippen molar-refractivity contribution >= 4 is 27.5 Å². The Hall–Kier alpha value is -3.27. The Labute approximate surface area is 165 Å². The van der Waals surface area contributed by atoms with Gasteiger partial charge >= 0.3 is 0 Å². The number of aryl methyl sites for hydroxylation is 1. The van der Waals surface area contributed by atoms with Gasteiger partial charge in [-0.3, -0.25) is 0 Å². The van der Waals surface area contributed by atoms with Gasteiger partial charge in [0.25, 0.3) is 0 Å². The van der Waals surface area contributed by atoms with Crippen LogP contribution in [0.1, 0.15) is 5.56 Å². The number of hydrogen-bond donors (Lipinski definition) is 0. The van der Waals surface area contributed by atoms with Gasteiger partial charge < -0.3 is 14.4 Å². The summed E-state index contributed by atoms with van der Waals surface area (Å²) in [5, 5.41) is 2.19. The van der Waals surface area contributed by atoms with E-state index in [0.29, 0.717) is 0 Å². The third-order valence-electron chi connectivity index (χ3n) is 5.27. The van der Waals surface area contributed by atoms with Crippen LogP contribution in [0.4, 0.5) is 5.69 Å². The molecule has 0 unspecified atom stereocenters.